The normalized spacial score (nSPS) is 12.1. The lowest BCUT2D eigenvalue weighted by Gasteiger charge is -2.22. The fourth-order valence-corrected chi connectivity index (χ4v) is 3.34. The molecule has 2 aromatic carbocycles. The van der Waals surface area contributed by atoms with Gasteiger partial charge < -0.3 is 15.4 Å². The van der Waals surface area contributed by atoms with Crippen molar-refractivity contribution in [2.45, 2.75) is 40.0 Å². The van der Waals surface area contributed by atoms with Crippen molar-refractivity contribution in [3.05, 3.63) is 58.7 Å². The van der Waals surface area contributed by atoms with Gasteiger partial charge in [-0.15, -0.1) is 0 Å². The van der Waals surface area contributed by atoms with E-state index in [2.05, 4.69) is 69.0 Å². The van der Waals surface area contributed by atoms with Crippen molar-refractivity contribution in [3.63, 3.8) is 0 Å². The number of ether oxygens (including phenoxy) is 1. The highest BCUT2D eigenvalue weighted by atomic mass is 16.5. The smallest absolute Gasteiger partial charge is 0.122 e. The Bertz CT molecular complexity index is 675. The Morgan fingerprint density at radius 3 is 2.12 bits per heavy atom. The van der Waals surface area contributed by atoms with Gasteiger partial charge >= 0.3 is 0 Å². The van der Waals surface area contributed by atoms with Crippen LogP contribution in [0.15, 0.2) is 36.4 Å². The number of rotatable bonds is 8. The Balaban J connectivity index is 2.24. The predicted octanol–water partition coefficient (Wildman–Crippen LogP) is 4.44. The largest absolute Gasteiger partial charge is 0.496 e. The minimum Gasteiger partial charge on any atom is -0.496 e. The molecule has 0 aliphatic carbocycles. The number of methoxy groups -OCH3 is 1. The Labute approximate surface area is 152 Å². The second kappa shape index (κ2) is 8.91. The monoisotopic (exact) mass is 340 g/mol. The van der Waals surface area contributed by atoms with Crippen LogP contribution in [0.1, 0.15) is 42.0 Å². The van der Waals surface area contributed by atoms with Gasteiger partial charge in [-0.3, -0.25) is 0 Å². The first kappa shape index (κ1) is 19.3. The molecule has 0 saturated heterocycles. The highest BCUT2D eigenvalue weighted by Gasteiger charge is 2.17. The molecule has 136 valence electrons. The van der Waals surface area contributed by atoms with E-state index >= 15 is 0 Å². The molecule has 0 fully saturated rings. The van der Waals surface area contributed by atoms with Gasteiger partial charge in [-0.1, -0.05) is 18.2 Å². The summed E-state index contributed by atoms with van der Waals surface area (Å²) in [6.07, 6.45) is 0.924. The summed E-state index contributed by atoms with van der Waals surface area (Å²) < 4.78 is 5.62. The molecular formula is C22H32N2O. The SMILES string of the molecule is CCN(CC)c1ccc(CC(CN)c2cc(C)c(C)cc2OC)cc1. The molecule has 0 spiro atoms. The van der Waals surface area contributed by atoms with Gasteiger partial charge in [0, 0.05) is 24.7 Å². The fourth-order valence-electron chi connectivity index (χ4n) is 3.34. The highest BCUT2D eigenvalue weighted by Crippen LogP contribution is 2.32. The minimum atomic E-state index is 0.258. The maximum Gasteiger partial charge on any atom is 0.122 e. The van der Waals surface area contributed by atoms with Gasteiger partial charge in [-0.05, 0) is 81.1 Å². The van der Waals surface area contributed by atoms with Crippen molar-refractivity contribution in [2.75, 3.05) is 31.6 Å². The first-order chi connectivity index (χ1) is 12.0. The Morgan fingerprint density at radius 2 is 1.60 bits per heavy atom. The Hall–Kier alpha value is -2.00. The van der Waals surface area contributed by atoms with E-state index in [1.54, 1.807) is 7.11 Å². The second-order valence-electron chi connectivity index (χ2n) is 6.65. The third kappa shape index (κ3) is 4.55. The molecule has 2 N–H and O–H groups in total. The van der Waals surface area contributed by atoms with Gasteiger partial charge in [0.25, 0.3) is 0 Å². The van der Waals surface area contributed by atoms with Crippen molar-refractivity contribution >= 4 is 5.69 Å². The maximum absolute atomic E-state index is 6.12. The number of benzene rings is 2. The molecule has 0 bridgehead atoms. The zero-order valence-corrected chi connectivity index (χ0v) is 16.3. The van der Waals surface area contributed by atoms with Gasteiger partial charge in [-0.2, -0.15) is 0 Å². The minimum absolute atomic E-state index is 0.258. The molecule has 0 amide bonds. The summed E-state index contributed by atoms with van der Waals surface area (Å²) in [5.41, 5.74) is 12.5. The zero-order valence-electron chi connectivity index (χ0n) is 16.3. The average Bonchev–Trinajstić information content (AvgIpc) is 2.64. The van der Waals surface area contributed by atoms with E-state index in [0.29, 0.717) is 6.54 Å². The van der Waals surface area contributed by atoms with E-state index < -0.39 is 0 Å². The van der Waals surface area contributed by atoms with E-state index in [1.807, 2.05) is 0 Å². The summed E-state index contributed by atoms with van der Waals surface area (Å²) in [7, 11) is 1.74. The van der Waals surface area contributed by atoms with Crippen LogP contribution in [0.2, 0.25) is 0 Å². The standard InChI is InChI=1S/C22H32N2O/c1-6-24(7-2)20-10-8-18(9-11-20)14-19(15-23)21-12-16(3)17(4)13-22(21)25-5/h8-13,19H,6-7,14-15,23H2,1-5H3. The Morgan fingerprint density at radius 1 is 1.00 bits per heavy atom. The highest BCUT2D eigenvalue weighted by molar-refractivity contribution is 5.48. The maximum atomic E-state index is 6.12. The first-order valence-electron chi connectivity index (χ1n) is 9.23. The van der Waals surface area contributed by atoms with Crippen LogP contribution in [-0.4, -0.2) is 26.7 Å². The van der Waals surface area contributed by atoms with Crippen molar-refractivity contribution in [1.29, 1.82) is 0 Å². The molecule has 2 rings (SSSR count). The third-order valence-electron chi connectivity index (χ3n) is 5.12. The van der Waals surface area contributed by atoms with Gasteiger partial charge in [0.15, 0.2) is 0 Å². The molecular weight excluding hydrogens is 308 g/mol. The fraction of sp³-hybridized carbons (Fsp3) is 0.455. The van der Waals surface area contributed by atoms with Crippen LogP contribution in [-0.2, 0) is 6.42 Å². The first-order valence-corrected chi connectivity index (χ1v) is 9.23. The lowest BCUT2D eigenvalue weighted by atomic mass is 9.89. The summed E-state index contributed by atoms with van der Waals surface area (Å²) in [5.74, 6) is 1.20. The van der Waals surface area contributed by atoms with Crippen LogP contribution in [0.4, 0.5) is 5.69 Å². The molecule has 0 aromatic heterocycles. The predicted molar refractivity (Wildman–Crippen MR) is 108 cm³/mol. The molecule has 1 atom stereocenters. The average molecular weight is 341 g/mol. The van der Waals surface area contributed by atoms with Gasteiger partial charge in [0.1, 0.15) is 5.75 Å². The van der Waals surface area contributed by atoms with E-state index in [9.17, 15) is 0 Å². The van der Waals surface area contributed by atoms with Crippen molar-refractivity contribution in [1.82, 2.24) is 0 Å². The molecule has 2 aromatic rings. The molecule has 25 heavy (non-hydrogen) atoms. The number of nitrogens with two attached hydrogens (primary N) is 1. The third-order valence-corrected chi connectivity index (χ3v) is 5.12. The lowest BCUT2D eigenvalue weighted by Crippen LogP contribution is -2.21. The van der Waals surface area contributed by atoms with Crippen LogP contribution in [0, 0.1) is 13.8 Å². The summed E-state index contributed by atoms with van der Waals surface area (Å²) in [5, 5.41) is 0. The van der Waals surface area contributed by atoms with Crippen LogP contribution in [0.5, 0.6) is 5.75 Å². The van der Waals surface area contributed by atoms with Crippen LogP contribution in [0.3, 0.4) is 0 Å². The quantitative estimate of drug-likeness (QED) is 0.772. The van der Waals surface area contributed by atoms with E-state index in [1.165, 1.54) is 27.9 Å². The van der Waals surface area contributed by atoms with Crippen molar-refractivity contribution in [2.24, 2.45) is 5.73 Å². The van der Waals surface area contributed by atoms with Crippen molar-refractivity contribution in [3.8, 4) is 5.75 Å². The summed E-state index contributed by atoms with van der Waals surface area (Å²) >= 11 is 0. The second-order valence-corrected chi connectivity index (χ2v) is 6.65. The van der Waals surface area contributed by atoms with Crippen LogP contribution >= 0.6 is 0 Å². The lowest BCUT2D eigenvalue weighted by molar-refractivity contribution is 0.404. The number of aryl methyl sites for hydroxylation is 2. The molecule has 1 unspecified atom stereocenters. The molecule has 3 nitrogen and oxygen atoms in total. The van der Waals surface area contributed by atoms with Crippen molar-refractivity contribution < 1.29 is 4.74 Å². The van der Waals surface area contributed by atoms with Gasteiger partial charge in [-0.25, -0.2) is 0 Å². The molecule has 0 saturated carbocycles. The number of hydrogen-bond donors (Lipinski definition) is 1. The number of nitrogens with zero attached hydrogens (tertiary/aromatic N) is 1. The van der Waals surface area contributed by atoms with Gasteiger partial charge in [0.05, 0.1) is 7.11 Å². The summed E-state index contributed by atoms with van der Waals surface area (Å²) in [6, 6.07) is 13.2. The summed E-state index contributed by atoms with van der Waals surface area (Å²) in [4.78, 5) is 2.36. The van der Waals surface area contributed by atoms with E-state index in [0.717, 1.165) is 25.3 Å². The summed E-state index contributed by atoms with van der Waals surface area (Å²) in [6.45, 7) is 11.3. The molecule has 0 heterocycles. The topological polar surface area (TPSA) is 38.5 Å². The Kier molecular flexibility index (Phi) is 6.89. The molecule has 0 aliphatic rings. The van der Waals surface area contributed by atoms with E-state index in [4.69, 9.17) is 10.5 Å². The van der Waals surface area contributed by atoms with Gasteiger partial charge in [0.2, 0.25) is 0 Å². The molecule has 0 aliphatic heterocycles. The van der Waals surface area contributed by atoms with Crippen LogP contribution < -0.4 is 15.4 Å². The number of anilines is 1. The molecule has 0 radical (unpaired) electrons. The van der Waals surface area contributed by atoms with E-state index in [-0.39, 0.29) is 5.92 Å². The molecule has 3 heteroatoms. The zero-order chi connectivity index (χ0) is 18.4. The van der Waals surface area contributed by atoms with Crippen LogP contribution in [0.25, 0.3) is 0 Å². The number of hydrogen-bond acceptors (Lipinski definition) is 3.